The lowest BCUT2D eigenvalue weighted by molar-refractivity contribution is 0.0734. The molecule has 0 saturated heterocycles. The van der Waals surface area contributed by atoms with Gasteiger partial charge >= 0.3 is 5.97 Å². The van der Waals surface area contributed by atoms with Crippen LogP contribution in [0.4, 0.5) is 5.69 Å². The molecule has 0 radical (unpaired) electrons. The highest BCUT2D eigenvalue weighted by atomic mass is 35.5. The van der Waals surface area contributed by atoms with Gasteiger partial charge in [0.25, 0.3) is 10.0 Å². The molecule has 0 unspecified atom stereocenters. The summed E-state index contributed by atoms with van der Waals surface area (Å²) in [5.74, 6) is 0.0395. The van der Waals surface area contributed by atoms with Crippen LogP contribution < -0.4 is 13.8 Å². The van der Waals surface area contributed by atoms with Crippen molar-refractivity contribution in [2.45, 2.75) is 11.8 Å². The number of halogens is 1. The average Bonchev–Trinajstić information content (AvgIpc) is 2.75. The fraction of sp³-hybridized carbons (Fsp3) is 0.136. The van der Waals surface area contributed by atoms with Gasteiger partial charge in [-0.1, -0.05) is 29.8 Å². The van der Waals surface area contributed by atoms with E-state index in [1.54, 1.807) is 42.5 Å². The van der Waals surface area contributed by atoms with Crippen molar-refractivity contribution in [1.29, 1.82) is 0 Å². The van der Waals surface area contributed by atoms with Crippen molar-refractivity contribution in [2.75, 3.05) is 18.5 Å². The highest BCUT2D eigenvalue weighted by molar-refractivity contribution is 7.92. The minimum Gasteiger partial charge on any atom is -0.495 e. The molecule has 8 heteroatoms. The summed E-state index contributed by atoms with van der Waals surface area (Å²) in [4.78, 5) is 12.4. The predicted octanol–water partition coefficient (Wildman–Crippen LogP) is 4.70. The van der Waals surface area contributed by atoms with Crippen molar-refractivity contribution in [1.82, 2.24) is 0 Å². The number of esters is 1. The summed E-state index contributed by atoms with van der Waals surface area (Å²) in [5, 5.41) is 0.312. The van der Waals surface area contributed by atoms with Crippen molar-refractivity contribution in [3.63, 3.8) is 0 Å². The van der Waals surface area contributed by atoms with Crippen LogP contribution in [-0.2, 0) is 10.0 Å². The molecule has 0 N–H and O–H groups in total. The largest absolute Gasteiger partial charge is 0.495 e. The molecule has 156 valence electrons. The third-order valence-corrected chi connectivity index (χ3v) is 6.56. The lowest BCUT2D eigenvalue weighted by Gasteiger charge is -2.21. The van der Waals surface area contributed by atoms with Crippen LogP contribution >= 0.6 is 11.6 Å². The number of rotatable bonds is 6. The molecule has 0 aliphatic rings. The van der Waals surface area contributed by atoms with Crippen molar-refractivity contribution >= 4 is 33.3 Å². The highest BCUT2D eigenvalue weighted by Crippen LogP contribution is 2.31. The van der Waals surface area contributed by atoms with Crippen LogP contribution in [0, 0.1) is 6.92 Å². The monoisotopic (exact) mass is 445 g/mol. The van der Waals surface area contributed by atoms with Crippen molar-refractivity contribution in [2.24, 2.45) is 0 Å². The van der Waals surface area contributed by atoms with Gasteiger partial charge in [-0.3, -0.25) is 4.31 Å². The van der Waals surface area contributed by atoms with E-state index in [4.69, 9.17) is 21.1 Å². The Balaban J connectivity index is 1.83. The van der Waals surface area contributed by atoms with Crippen LogP contribution in [0.25, 0.3) is 0 Å². The molecule has 0 bridgehead atoms. The fourth-order valence-corrected chi connectivity index (χ4v) is 4.15. The lowest BCUT2D eigenvalue weighted by Crippen LogP contribution is -2.27. The van der Waals surface area contributed by atoms with Crippen LogP contribution in [-0.4, -0.2) is 28.5 Å². The van der Waals surface area contributed by atoms with Gasteiger partial charge in [-0.2, -0.15) is 0 Å². The third kappa shape index (κ3) is 4.42. The van der Waals surface area contributed by atoms with Gasteiger partial charge in [0.1, 0.15) is 11.5 Å². The van der Waals surface area contributed by atoms with Crippen molar-refractivity contribution in [3.05, 3.63) is 82.9 Å². The minimum absolute atomic E-state index is 0.0287. The number of nitrogens with zero attached hydrogens (tertiary/aromatic N) is 1. The fourth-order valence-electron chi connectivity index (χ4n) is 2.79. The van der Waals surface area contributed by atoms with Crippen LogP contribution in [0.15, 0.2) is 71.6 Å². The quantitative estimate of drug-likeness (QED) is 0.406. The number of aryl methyl sites for hydroxylation is 1. The highest BCUT2D eigenvalue weighted by Gasteiger charge is 2.24. The number of benzene rings is 3. The summed E-state index contributed by atoms with van der Waals surface area (Å²) >= 11 is 6.06. The molecule has 0 amide bonds. The number of anilines is 1. The van der Waals surface area contributed by atoms with Crippen LogP contribution in [0.3, 0.4) is 0 Å². The van der Waals surface area contributed by atoms with Crippen LogP contribution in [0.5, 0.6) is 11.5 Å². The summed E-state index contributed by atoms with van der Waals surface area (Å²) in [6.45, 7) is 1.85. The number of hydrogen-bond donors (Lipinski definition) is 0. The Bertz CT molecular complexity index is 1180. The first kappa shape index (κ1) is 21.7. The van der Waals surface area contributed by atoms with Crippen molar-refractivity contribution < 1.29 is 22.7 Å². The average molecular weight is 446 g/mol. The van der Waals surface area contributed by atoms with Gasteiger partial charge in [0, 0.05) is 7.05 Å². The first-order chi connectivity index (χ1) is 14.2. The van der Waals surface area contributed by atoms with E-state index in [-0.39, 0.29) is 16.2 Å². The maximum absolute atomic E-state index is 13.0. The minimum atomic E-state index is -3.86. The molecule has 3 aromatic carbocycles. The Kier molecular flexibility index (Phi) is 6.34. The number of hydrogen-bond acceptors (Lipinski definition) is 5. The Hall–Kier alpha value is -3.03. The molecule has 3 rings (SSSR count). The molecular weight excluding hydrogens is 426 g/mol. The second-order valence-corrected chi connectivity index (χ2v) is 8.87. The second-order valence-electron chi connectivity index (χ2n) is 6.49. The molecule has 0 atom stereocenters. The van der Waals surface area contributed by atoms with E-state index in [1.165, 1.54) is 38.4 Å². The molecule has 0 spiro atoms. The van der Waals surface area contributed by atoms with Crippen LogP contribution in [0.1, 0.15) is 15.9 Å². The predicted molar refractivity (Wildman–Crippen MR) is 116 cm³/mol. The van der Waals surface area contributed by atoms with E-state index in [2.05, 4.69) is 0 Å². The van der Waals surface area contributed by atoms with Gasteiger partial charge in [0.05, 0.1) is 28.3 Å². The smallest absolute Gasteiger partial charge is 0.343 e. The SMILES string of the molecule is COc1ccccc1N(C)S(=O)(=O)c1ccc(C(=O)Oc2cc(C)ccc2Cl)cc1. The van der Waals surface area contributed by atoms with E-state index in [9.17, 15) is 13.2 Å². The van der Waals surface area contributed by atoms with E-state index >= 15 is 0 Å². The Morgan fingerprint density at radius 3 is 2.30 bits per heavy atom. The molecule has 0 heterocycles. The molecule has 30 heavy (non-hydrogen) atoms. The third-order valence-electron chi connectivity index (χ3n) is 4.46. The van der Waals surface area contributed by atoms with E-state index in [1.807, 2.05) is 6.92 Å². The van der Waals surface area contributed by atoms with E-state index < -0.39 is 16.0 Å². The van der Waals surface area contributed by atoms with Gasteiger partial charge in [-0.25, -0.2) is 13.2 Å². The van der Waals surface area contributed by atoms with Gasteiger partial charge in [0.15, 0.2) is 0 Å². The summed E-state index contributed by atoms with van der Waals surface area (Å²) < 4.78 is 37.7. The topological polar surface area (TPSA) is 72.9 Å². The summed E-state index contributed by atoms with van der Waals surface area (Å²) in [5.41, 5.74) is 1.49. The number of ether oxygens (including phenoxy) is 2. The normalized spacial score (nSPS) is 11.1. The number of carbonyl (C=O) groups is 1. The molecule has 0 saturated carbocycles. The number of methoxy groups -OCH3 is 1. The zero-order valence-electron chi connectivity index (χ0n) is 16.6. The molecule has 0 aliphatic heterocycles. The molecule has 0 fully saturated rings. The zero-order chi connectivity index (χ0) is 21.9. The maximum atomic E-state index is 13.0. The summed E-state index contributed by atoms with van der Waals surface area (Å²) in [6.07, 6.45) is 0. The van der Waals surface area contributed by atoms with Crippen LogP contribution in [0.2, 0.25) is 5.02 Å². The Morgan fingerprint density at radius 1 is 0.967 bits per heavy atom. The first-order valence-electron chi connectivity index (χ1n) is 8.94. The molecule has 3 aromatic rings. The summed E-state index contributed by atoms with van der Waals surface area (Å²) in [7, 11) is -0.946. The van der Waals surface area contributed by atoms with E-state index in [0.29, 0.717) is 16.5 Å². The van der Waals surface area contributed by atoms with Gasteiger partial charge in [-0.15, -0.1) is 0 Å². The number of sulfonamides is 1. The Morgan fingerprint density at radius 2 is 1.63 bits per heavy atom. The van der Waals surface area contributed by atoms with E-state index in [0.717, 1.165) is 9.87 Å². The molecule has 6 nitrogen and oxygen atoms in total. The standard InChI is InChI=1S/C22H20ClNO5S/c1-15-8-13-18(23)21(14-15)29-22(25)16-9-11-17(12-10-16)30(26,27)24(2)19-6-4-5-7-20(19)28-3/h4-14H,1-3H3. The molecule has 0 aliphatic carbocycles. The molecule has 0 aromatic heterocycles. The maximum Gasteiger partial charge on any atom is 0.343 e. The molecular formula is C22H20ClNO5S. The zero-order valence-corrected chi connectivity index (χ0v) is 18.2. The van der Waals surface area contributed by atoms with Crippen molar-refractivity contribution in [3.8, 4) is 11.5 Å². The number of para-hydroxylation sites is 2. The first-order valence-corrected chi connectivity index (χ1v) is 10.8. The Labute approximate surface area is 180 Å². The number of carbonyl (C=O) groups excluding carboxylic acids is 1. The van der Waals surface area contributed by atoms with Gasteiger partial charge < -0.3 is 9.47 Å². The van der Waals surface area contributed by atoms with Gasteiger partial charge in [-0.05, 0) is 61.0 Å². The second kappa shape index (κ2) is 8.77. The van der Waals surface area contributed by atoms with Gasteiger partial charge in [0.2, 0.25) is 0 Å². The summed E-state index contributed by atoms with van der Waals surface area (Å²) in [6, 6.07) is 17.4. The lowest BCUT2D eigenvalue weighted by atomic mass is 10.2.